The molecular formula is C15H12ClNO4. The van der Waals surface area contributed by atoms with Crippen molar-refractivity contribution < 1.29 is 18.7 Å². The number of halogens is 1. The minimum atomic E-state index is -0.561. The van der Waals surface area contributed by atoms with Crippen LogP contribution >= 0.6 is 11.6 Å². The highest BCUT2D eigenvalue weighted by Crippen LogP contribution is 2.30. The number of rotatable bonds is 4. The highest BCUT2D eigenvalue weighted by Gasteiger charge is 2.18. The van der Waals surface area contributed by atoms with E-state index >= 15 is 0 Å². The Labute approximate surface area is 126 Å². The van der Waals surface area contributed by atoms with Crippen molar-refractivity contribution >= 4 is 17.6 Å². The van der Waals surface area contributed by atoms with Gasteiger partial charge in [0, 0.05) is 0 Å². The van der Waals surface area contributed by atoms with Crippen molar-refractivity contribution in [3.05, 3.63) is 52.4 Å². The number of hydrogen-bond acceptors (Lipinski definition) is 5. The molecule has 5 nitrogen and oxygen atoms in total. The highest BCUT2D eigenvalue weighted by atomic mass is 35.5. The molecule has 0 amide bonds. The van der Waals surface area contributed by atoms with Crippen LogP contribution in [0.1, 0.15) is 34.9 Å². The molecular weight excluding hydrogens is 294 g/mol. The summed E-state index contributed by atoms with van der Waals surface area (Å²) < 4.78 is 15.6. The minimum Gasteiger partial charge on any atom is -0.481 e. The Balaban J connectivity index is 2.21. The van der Waals surface area contributed by atoms with E-state index < -0.39 is 12.1 Å². The van der Waals surface area contributed by atoms with E-state index in [0.29, 0.717) is 16.5 Å². The molecule has 0 spiro atoms. The number of hydrogen-bond donors (Lipinski definition) is 0. The summed E-state index contributed by atoms with van der Waals surface area (Å²) in [5.41, 5.74) is 0.255. The van der Waals surface area contributed by atoms with Gasteiger partial charge >= 0.3 is 5.97 Å². The van der Waals surface area contributed by atoms with E-state index in [1.807, 2.05) is 6.07 Å². The van der Waals surface area contributed by atoms with Crippen LogP contribution in [0, 0.1) is 11.3 Å². The van der Waals surface area contributed by atoms with E-state index in [9.17, 15) is 4.79 Å². The van der Waals surface area contributed by atoms with Crippen LogP contribution < -0.4 is 4.74 Å². The number of furan rings is 1. The second-order valence-electron chi connectivity index (χ2n) is 4.18. The molecule has 6 heteroatoms. The second-order valence-corrected chi connectivity index (χ2v) is 4.59. The normalized spacial score (nSPS) is 11.5. The van der Waals surface area contributed by atoms with Gasteiger partial charge in [0.15, 0.2) is 6.10 Å². The van der Waals surface area contributed by atoms with Gasteiger partial charge < -0.3 is 13.9 Å². The first-order chi connectivity index (χ1) is 10.1. The van der Waals surface area contributed by atoms with E-state index in [4.69, 9.17) is 26.0 Å². The molecule has 0 bridgehead atoms. The molecule has 0 N–H and O–H groups in total. The zero-order valence-corrected chi connectivity index (χ0v) is 12.2. The van der Waals surface area contributed by atoms with Crippen molar-refractivity contribution in [1.29, 1.82) is 5.26 Å². The third-order valence-corrected chi connectivity index (χ3v) is 3.12. The van der Waals surface area contributed by atoms with Crippen LogP contribution in [0.25, 0.3) is 0 Å². The molecule has 0 fully saturated rings. The average molecular weight is 306 g/mol. The molecule has 0 saturated heterocycles. The van der Waals surface area contributed by atoms with Crippen molar-refractivity contribution in [3.8, 4) is 11.8 Å². The lowest BCUT2D eigenvalue weighted by Crippen LogP contribution is -2.04. The van der Waals surface area contributed by atoms with E-state index in [1.165, 1.54) is 13.2 Å². The van der Waals surface area contributed by atoms with Crippen LogP contribution in [0.4, 0.5) is 0 Å². The molecule has 1 aromatic carbocycles. The zero-order chi connectivity index (χ0) is 15.4. The van der Waals surface area contributed by atoms with Gasteiger partial charge in [-0.05, 0) is 31.2 Å². The standard InChI is InChI=1S/C15H12ClNO4/c1-9(12-6-7-14(21-12)15(18)19-2)20-13-5-3-4-11(16)10(13)8-17/h3-7,9H,1-2H3. The first-order valence-electron chi connectivity index (χ1n) is 6.10. The summed E-state index contributed by atoms with van der Waals surface area (Å²) in [5.74, 6) is 0.330. The van der Waals surface area contributed by atoms with Gasteiger partial charge in [-0.2, -0.15) is 5.26 Å². The zero-order valence-electron chi connectivity index (χ0n) is 11.4. The first-order valence-corrected chi connectivity index (χ1v) is 6.48. The Hall–Kier alpha value is -2.45. The van der Waals surface area contributed by atoms with E-state index in [1.54, 1.807) is 31.2 Å². The van der Waals surface area contributed by atoms with Gasteiger partial charge in [0.2, 0.25) is 5.76 Å². The second kappa shape index (κ2) is 6.33. The molecule has 1 unspecified atom stereocenters. The SMILES string of the molecule is COC(=O)c1ccc(C(C)Oc2cccc(Cl)c2C#N)o1. The van der Waals surface area contributed by atoms with Crippen LogP contribution in [-0.4, -0.2) is 13.1 Å². The monoisotopic (exact) mass is 305 g/mol. The van der Waals surface area contributed by atoms with Gasteiger partial charge in [-0.15, -0.1) is 0 Å². The van der Waals surface area contributed by atoms with Gasteiger partial charge in [-0.3, -0.25) is 0 Å². The lowest BCUT2D eigenvalue weighted by atomic mass is 10.2. The molecule has 2 rings (SSSR count). The lowest BCUT2D eigenvalue weighted by molar-refractivity contribution is 0.0558. The van der Waals surface area contributed by atoms with Crippen LogP contribution in [0.2, 0.25) is 5.02 Å². The molecule has 0 aliphatic heterocycles. The van der Waals surface area contributed by atoms with Crippen LogP contribution in [0.15, 0.2) is 34.7 Å². The minimum absolute atomic E-state index is 0.0922. The summed E-state index contributed by atoms with van der Waals surface area (Å²) >= 11 is 5.94. The van der Waals surface area contributed by atoms with Crippen molar-refractivity contribution in [1.82, 2.24) is 0 Å². The molecule has 0 aliphatic carbocycles. The predicted octanol–water partition coefficient (Wildman–Crippen LogP) is 3.73. The molecule has 2 aromatic rings. The molecule has 1 heterocycles. The largest absolute Gasteiger partial charge is 0.481 e. The fraction of sp³-hybridized carbons (Fsp3) is 0.200. The summed E-state index contributed by atoms with van der Waals surface area (Å²) in [6.45, 7) is 1.74. The first kappa shape index (κ1) is 14.9. The molecule has 0 saturated carbocycles. The smallest absolute Gasteiger partial charge is 0.373 e. The number of methoxy groups -OCH3 is 1. The predicted molar refractivity (Wildman–Crippen MR) is 75.3 cm³/mol. The highest BCUT2D eigenvalue weighted by molar-refractivity contribution is 6.31. The van der Waals surface area contributed by atoms with E-state index in [2.05, 4.69) is 4.74 Å². The Morgan fingerprint density at radius 3 is 2.81 bits per heavy atom. The Morgan fingerprint density at radius 1 is 1.38 bits per heavy atom. The van der Waals surface area contributed by atoms with Gasteiger partial charge in [0.25, 0.3) is 0 Å². The van der Waals surface area contributed by atoms with Crippen molar-refractivity contribution in [2.75, 3.05) is 7.11 Å². The molecule has 0 radical (unpaired) electrons. The van der Waals surface area contributed by atoms with Crippen LogP contribution in [0.3, 0.4) is 0 Å². The van der Waals surface area contributed by atoms with E-state index in [-0.39, 0.29) is 11.3 Å². The Morgan fingerprint density at radius 2 is 2.14 bits per heavy atom. The van der Waals surface area contributed by atoms with Crippen molar-refractivity contribution in [3.63, 3.8) is 0 Å². The summed E-state index contributed by atoms with van der Waals surface area (Å²) in [6, 6.07) is 10.1. The maximum absolute atomic E-state index is 11.3. The van der Waals surface area contributed by atoms with Gasteiger partial charge in [-0.1, -0.05) is 17.7 Å². The Bertz CT molecular complexity index is 702. The number of carbonyl (C=O) groups excluding carboxylic acids is 1. The Kier molecular flexibility index (Phi) is 4.51. The fourth-order valence-corrected chi connectivity index (χ4v) is 1.95. The summed E-state index contributed by atoms with van der Waals surface area (Å²) in [4.78, 5) is 11.3. The summed E-state index contributed by atoms with van der Waals surface area (Å²) in [6.07, 6.45) is -0.492. The summed E-state index contributed by atoms with van der Waals surface area (Å²) in [5, 5.41) is 9.41. The summed E-state index contributed by atoms with van der Waals surface area (Å²) in [7, 11) is 1.27. The van der Waals surface area contributed by atoms with Crippen molar-refractivity contribution in [2.45, 2.75) is 13.0 Å². The van der Waals surface area contributed by atoms with E-state index in [0.717, 1.165) is 0 Å². The topological polar surface area (TPSA) is 72.5 Å². The molecule has 108 valence electrons. The number of carbonyl (C=O) groups is 1. The number of nitriles is 1. The third-order valence-electron chi connectivity index (χ3n) is 2.80. The number of ether oxygens (including phenoxy) is 2. The third kappa shape index (κ3) is 3.18. The van der Waals surface area contributed by atoms with Crippen LogP contribution in [-0.2, 0) is 4.74 Å². The van der Waals surface area contributed by atoms with Crippen molar-refractivity contribution in [2.24, 2.45) is 0 Å². The van der Waals surface area contributed by atoms with Gasteiger partial charge in [0.1, 0.15) is 23.1 Å². The number of nitrogens with zero attached hydrogens (tertiary/aromatic N) is 1. The fourth-order valence-electron chi connectivity index (χ4n) is 1.74. The average Bonchev–Trinajstić information content (AvgIpc) is 2.96. The number of esters is 1. The molecule has 0 aliphatic rings. The molecule has 1 atom stereocenters. The van der Waals surface area contributed by atoms with Gasteiger partial charge in [-0.25, -0.2) is 4.79 Å². The molecule has 1 aromatic heterocycles. The number of benzene rings is 1. The maximum atomic E-state index is 11.3. The molecule has 21 heavy (non-hydrogen) atoms. The maximum Gasteiger partial charge on any atom is 0.373 e. The van der Waals surface area contributed by atoms with Crippen LogP contribution in [0.5, 0.6) is 5.75 Å². The van der Waals surface area contributed by atoms with Gasteiger partial charge in [0.05, 0.1) is 12.1 Å². The quantitative estimate of drug-likeness (QED) is 0.805. The lowest BCUT2D eigenvalue weighted by Gasteiger charge is -2.14.